The number of hydrogen-bond acceptors (Lipinski definition) is 2. The Morgan fingerprint density at radius 1 is 1.29 bits per heavy atom. The molecule has 1 amide bonds. The zero-order valence-electron chi connectivity index (χ0n) is 14.8. The molecule has 3 nitrogen and oxygen atoms in total. The summed E-state index contributed by atoms with van der Waals surface area (Å²) in [5, 5.41) is 1.20. The highest BCUT2D eigenvalue weighted by atomic mass is 35.5. The molecule has 1 aliphatic carbocycles. The Hall–Kier alpha value is -0.930. The Balaban J connectivity index is 1.81. The first-order valence-electron chi connectivity index (χ1n) is 8.56. The van der Waals surface area contributed by atoms with Gasteiger partial charge in [-0.3, -0.25) is 0 Å². The van der Waals surface area contributed by atoms with E-state index in [1.807, 2.05) is 37.8 Å². The molecule has 0 bridgehead atoms. The number of likely N-dealkylation sites (tertiary alicyclic amines) is 1. The molecule has 2 unspecified atom stereocenters. The number of fused-ring (bicyclic) bond motifs is 1. The van der Waals surface area contributed by atoms with Crippen molar-refractivity contribution in [2.45, 2.75) is 58.0 Å². The minimum absolute atomic E-state index is 0.120. The molecule has 24 heavy (non-hydrogen) atoms. The van der Waals surface area contributed by atoms with Gasteiger partial charge in [0.25, 0.3) is 0 Å². The van der Waals surface area contributed by atoms with Gasteiger partial charge in [0.15, 0.2) is 0 Å². The fraction of sp³-hybridized carbons (Fsp3) is 0.632. The first kappa shape index (κ1) is 17.9. The van der Waals surface area contributed by atoms with E-state index in [4.69, 9.17) is 27.9 Å². The summed E-state index contributed by atoms with van der Waals surface area (Å²) in [7, 11) is 0. The van der Waals surface area contributed by atoms with Crippen LogP contribution in [0.5, 0.6) is 0 Å². The normalized spacial score (nSPS) is 29.2. The van der Waals surface area contributed by atoms with Crippen LogP contribution in [-0.4, -0.2) is 29.7 Å². The molecule has 1 heterocycles. The van der Waals surface area contributed by atoms with Gasteiger partial charge in [0.2, 0.25) is 0 Å². The lowest BCUT2D eigenvalue weighted by atomic mass is 9.79. The predicted molar refractivity (Wildman–Crippen MR) is 97.9 cm³/mol. The maximum atomic E-state index is 12.4. The molecular weight excluding hydrogens is 345 g/mol. The molecule has 0 aromatic heterocycles. The first-order chi connectivity index (χ1) is 11.1. The number of ether oxygens (including phenoxy) is 1. The van der Waals surface area contributed by atoms with Crippen molar-refractivity contribution in [3.8, 4) is 0 Å². The van der Waals surface area contributed by atoms with E-state index < -0.39 is 5.60 Å². The number of rotatable bonds is 2. The maximum Gasteiger partial charge on any atom is 0.410 e. The molecule has 1 aliphatic heterocycles. The van der Waals surface area contributed by atoms with Gasteiger partial charge in [0.1, 0.15) is 5.60 Å². The molecule has 1 saturated heterocycles. The molecule has 0 spiro atoms. The minimum atomic E-state index is -0.460. The largest absolute Gasteiger partial charge is 0.444 e. The number of halogens is 2. The molecule has 2 atom stereocenters. The van der Waals surface area contributed by atoms with E-state index in [2.05, 4.69) is 13.0 Å². The van der Waals surface area contributed by atoms with Gasteiger partial charge in [-0.05, 0) is 63.1 Å². The summed E-state index contributed by atoms with van der Waals surface area (Å²) in [4.78, 5) is 14.3. The number of benzene rings is 1. The van der Waals surface area contributed by atoms with Crippen LogP contribution in [0, 0.1) is 5.41 Å². The lowest BCUT2D eigenvalue weighted by Crippen LogP contribution is -2.46. The fourth-order valence-corrected chi connectivity index (χ4v) is 4.57. The van der Waals surface area contributed by atoms with Crippen LogP contribution in [-0.2, 0) is 10.2 Å². The smallest absolute Gasteiger partial charge is 0.410 e. The average Bonchev–Trinajstić information content (AvgIpc) is 3.18. The van der Waals surface area contributed by atoms with Crippen LogP contribution in [0.3, 0.4) is 0 Å². The number of nitrogens with zero attached hydrogens (tertiary/aromatic N) is 1. The molecule has 0 N–H and O–H groups in total. The molecule has 1 aromatic carbocycles. The lowest BCUT2D eigenvalue weighted by molar-refractivity contribution is 0.0136. The van der Waals surface area contributed by atoms with Crippen LogP contribution in [0.15, 0.2) is 18.2 Å². The topological polar surface area (TPSA) is 29.5 Å². The summed E-state index contributed by atoms with van der Waals surface area (Å²) in [5.74, 6) is 0. The van der Waals surface area contributed by atoms with Crippen molar-refractivity contribution in [1.82, 2.24) is 4.90 Å². The van der Waals surface area contributed by atoms with Gasteiger partial charge in [-0.2, -0.15) is 0 Å². The molecular formula is C19H25Cl2NO2. The molecule has 1 saturated carbocycles. The second kappa shape index (κ2) is 5.81. The van der Waals surface area contributed by atoms with Crippen molar-refractivity contribution in [1.29, 1.82) is 0 Å². The van der Waals surface area contributed by atoms with Gasteiger partial charge in [-0.1, -0.05) is 36.2 Å². The highest BCUT2D eigenvalue weighted by molar-refractivity contribution is 6.42. The van der Waals surface area contributed by atoms with Crippen molar-refractivity contribution in [2.75, 3.05) is 13.1 Å². The van der Waals surface area contributed by atoms with Crippen LogP contribution < -0.4 is 0 Å². The number of amides is 1. The zero-order chi connectivity index (χ0) is 17.8. The SMILES string of the molecule is CCC12CN(C(=O)OC(C)(C)C)CCC1(c1ccc(Cl)c(Cl)c1)C2. The number of hydrogen-bond donors (Lipinski definition) is 0. The maximum absolute atomic E-state index is 12.4. The summed E-state index contributed by atoms with van der Waals surface area (Å²) in [5.41, 5.74) is 1.04. The van der Waals surface area contributed by atoms with E-state index in [-0.39, 0.29) is 16.9 Å². The van der Waals surface area contributed by atoms with E-state index >= 15 is 0 Å². The van der Waals surface area contributed by atoms with Crippen LogP contribution >= 0.6 is 23.2 Å². The third-order valence-electron chi connectivity index (χ3n) is 5.63. The van der Waals surface area contributed by atoms with Crippen molar-refractivity contribution < 1.29 is 9.53 Å². The van der Waals surface area contributed by atoms with E-state index in [9.17, 15) is 4.79 Å². The number of carbonyl (C=O) groups is 1. The molecule has 1 aromatic rings. The third kappa shape index (κ3) is 2.90. The van der Waals surface area contributed by atoms with Gasteiger partial charge >= 0.3 is 6.09 Å². The monoisotopic (exact) mass is 369 g/mol. The Morgan fingerprint density at radius 2 is 2.00 bits per heavy atom. The van der Waals surface area contributed by atoms with Crippen molar-refractivity contribution in [3.05, 3.63) is 33.8 Å². The Labute approximate surface area is 154 Å². The summed E-state index contributed by atoms with van der Waals surface area (Å²) in [6.45, 7) is 9.39. The summed E-state index contributed by atoms with van der Waals surface area (Å²) in [6.07, 6.45) is 2.86. The molecule has 2 fully saturated rings. The summed E-state index contributed by atoms with van der Waals surface area (Å²) >= 11 is 12.3. The van der Waals surface area contributed by atoms with E-state index in [1.165, 1.54) is 5.56 Å². The van der Waals surface area contributed by atoms with Crippen LogP contribution in [0.2, 0.25) is 10.0 Å². The van der Waals surface area contributed by atoms with E-state index in [0.717, 1.165) is 32.4 Å². The van der Waals surface area contributed by atoms with Crippen molar-refractivity contribution >= 4 is 29.3 Å². The van der Waals surface area contributed by atoms with Gasteiger partial charge in [0, 0.05) is 18.5 Å². The van der Waals surface area contributed by atoms with Gasteiger partial charge < -0.3 is 9.64 Å². The van der Waals surface area contributed by atoms with Gasteiger partial charge in [0.05, 0.1) is 10.0 Å². The standard InChI is InChI=1S/C19H25Cl2NO2/c1-5-18-11-19(18,13-6-7-14(20)15(21)10-13)8-9-22(12-18)16(23)24-17(2,3)4/h6-7,10H,5,8-9,11-12H2,1-4H3. The van der Waals surface area contributed by atoms with Crippen molar-refractivity contribution in [3.63, 3.8) is 0 Å². The molecule has 2 aliphatic rings. The van der Waals surface area contributed by atoms with Crippen LogP contribution in [0.1, 0.15) is 52.5 Å². The number of piperidine rings is 1. The van der Waals surface area contributed by atoms with Crippen LogP contribution in [0.25, 0.3) is 0 Å². The Morgan fingerprint density at radius 3 is 2.58 bits per heavy atom. The van der Waals surface area contributed by atoms with Gasteiger partial charge in [-0.25, -0.2) is 4.79 Å². The second-order valence-electron chi connectivity index (χ2n) is 8.17. The predicted octanol–water partition coefficient (Wildman–Crippen LogP) is 5.67. The highest BCUT2D eigenvalue weighted by Gasteiger charge is 2.69. The minimum Gasteiger partial charge on any atom is -0.444 e. The molecule has 3 rings (SSSR count). The zero-order valence-corrected chi connectivity index (χ0v) is 16.3. The van der Waals surface area contributed by atoms with E-state index in [0.29, 0.717) is 10.0 Å². The molecule has 132 valence electrons. The quantitative estimate of drug-likeness (QED) is 0.671. The number of carbonyl (C=O) groups excluding carboxylic acids is 1. The first-order valence-corrected chi connectivity index (χ1v) is 9.32. The van der Waals surface area contributed by atoms with E-state index in [1.54, 1.807) is 0 Å². The fourth-order valence-electron chi connectivity index (χ4n) is 4.27. The van der Waals surface area contributed by atoms with Crippen molar-refractivity contribution in [2.24, 2.45) is 5.41 Å². The van der Waals surface area contributed by atoms with Gasteiger partial charge in [-0.15, -0.1) is 0 Å². The Bertz CT molecular complexity index is 670. The highest BCUT2D eigenvalue weighted by Crippen LogP contribution is 2.70. The molecule has 0 radical (unpaired) electrons. The summed E-state index contributed by atoms with van der Waals surface area (Å²) < 4.78 is 5.56. The molecule has 5 heteroatoms. The lowest BCUT2D eigenvalue weighted by Gasteiger charge is -2.38. The third-order valence-corrected chi connectivity index (χ3v) is 6.37. The summed E-state index contributed by atoms with van der Waals surface area (Å²) in [6, 6.07) is 5.98. The Kier molecular flexibility index (Phi) is 4.33. The van der Waals surface area contributed by atoms with Crippen LogP contribution in [0.4, 0.5) is 4.79 Å². The second-order valence-corrected chi connectivity index (χ2v) is 8.99. The average molecular weight is 370 g/mol.